The molecule has 2 aromatic carbocycles. The van der Waals surface area contributed by atoms with Crippen LogP contribution in [0.1, 0.15) is 36.8 Å². The number of hydrogen-bond donors (Lipinski definition) is 6. The summed E-state index contributed by atoms with van der Waals surface area (Å²) in [6.45, 7) is 4.26. The van der Waals surface area contributed by atoms with Crippen molar-refractivity contribution in [2.24, 2.45) is 5.73 Å². The number of nitrogens with two attached hydrogens (primary N) is 1. The van der Waals surface area contributed by atoms with Crippen LogP contribution in [0, 0.1) is 0 Å². The molecule has 0 atom stereocenters. The fraction of sp³-hybridized carbons (Fsp3) is 0.379. The van der Waals surface area contributed by atoms with Gasteiger partial charge in [-0.1, -0.05) is 12.1 Å². The first-order chi connectivity index (χ1) is 18.8. The van der Waals surface area contributed by atoms with E-state index < -0.39 is 11.8 Å². The van der Waals surface area contributed by atoms with Crippen LogP contribution in [0.3, 0.4) is 0 Å². The van der Waals surface area contributed by atoms with E-state index in [-0.39, 0.29) is 29.5 Å². The molecular weight excluding hydrogens is 500 g/mol. The van der Waals surface area contributed by atoms with Crippen LogP contribution in [-0.4, -0.2) is 78.4 Å². The van der Waals surface area contributed by atoms with Crippen molar-refractivity contribution in [3.63, 3.8) is 0 Å². The Morgan fingerprint density at radius 2 is 1.33 bits per heavy atom. The number of benzene rings is 2. The van der Waals surface area contributed by atoms with E-state index in [2.05, 4.69) is 10.6 Å². The molecule has 10 nitrogen and oxygen atoms in total. The second-order valence-corrected chi connectivity index (χ2v) is 8.88. The number of methoxy groups -OCH3 is 1. The van der Waals surface area contributed by atoms with Gasteiger partial charge in [0.25, 0.3) is 11.8 Å². The lowest BCUT2D eigenvalue weighted by atomic mass is 10.1. The molecule has 212 valence electrons. The molecule has 39 heavy (non-hydrogen) atoms. The van der Waals surface area contributed by atoms with Gasteiger partial charge in [0.05, 0.1) is 7.11 Å². The van der Waals surface area contributed by atoms with Crippen LogP contribution in [-0.2, 0) is 9.59 Å². The Labute approximate surface area is 229 Å². The molecule has 7 N–H and O–H groups in total. The maximum atomic E-state index is 13.0. The first-order valence-electron chi connectivity index (χ1n) is 13.1. The number of hydrogen-bond acceptors (Lipinski definition) is 9. The van der Waals surface area contributed by atoms with Gasteiger partial charge in [-0.05, 0) is 106 Å². The molecule has 0 aliphatic heterocycles. The molecule has 10 heteroatoms. The lowest BCUT2D eigenvalue weighted by Gasteiger charge is -2.18. The smallest absolute Gasteiger partial charge is 0.253 e. The molecular formula is C29H40N4O6. The SMILES string of the molecule is COc1cc(/C=C/C(=O)N(CCCNCCCCNCCCN)C(=O)/C=C/c2ccc(O)c(O)c2)ccc1O. The quantitative estimate of drug-likeness (QED) is 0.101. The van der Waals surface area contributed by atoms with Crippen molar-refractivity contribution in [3.05, 3.63) is 59.7 Å². The molecule has 0 spiro atoms. The van der Waals surface area contributed by atoms with Crippen LogP contribution in [0.4, 0.5) is 0 Å². The van der Waals surface area contributed by atoms with Gasteiger partial charge in [-0.25, -0.2) is 0 Å². The van der Waals surface area contributed by atoms with Crippen LogP contribution >= 0.6 is 0 Å². The normalized spacial score (nSPS) is 11.3. The molecule has 0 saturated heterocycles. The fourth-order valence-corrected chi connectivity index (χ4v) is 3.63. The van der Waals surface area contributed by atoms with Gasteiger partial charge in [0.2, 0.25) is 0 Å². The molecule has 0 saturated carbocycles. The molecule has 2 aromatic rings. The van der Waals surface area contributed by atoms with Gasteiger partial charge >= 0.3 is 0 Å². The summed E-state index contributed by atoms with van der Waals surface area (Å²) >= 11 is 0. The fourth-order valence-electron chi connectivity index (χ4n) is 3.63. The Hall–Kier alpha value is -3.86. The first-order valence-corrected chi connectivity index (χ1v) is 13.1. The van der Waals surface area contributed by atoms with Gasteiger partial charge in [-0.3, -0.25) is 14.5 Å². The largest absolute Gasteiger partial charge is 0.504 e. The Kier molecular flexibility index (Phi) is 14.2. The zero-order chi connectivity index (χ0) is 28.5. The molecule has 0 heterocycles. The summed E-state index contributed by atoms with van der Waals surface area (Å²) in [5.74, 6) is -1.31. The Morgan fingerprint density at radius 3 is 1.90 bits per heavy atom. The number of aromatic hydroxyl groups is 3. The number of nitrogens with one attached hydrogen (secondary N) is 2. The molecule has 0 fully saturated rings. The summed E-state index contributed by atoms with van der Waals surface area (Å²) < 4.78 is 5.10. The number of unbranched alkanes of at least 4 members (excludes halogenated alkanes) is 1. The average Bonchev–Trinajstić information content (AvgIpc) is 2.93. The summed E-state index contributed by atoms with van der Waals surface area (Å²) in [5.41, 5.74) is 6.60. The zero-order valence-electron chi connectivity index (χ0n) is 22.4. The highest BCUT2D eigenvalue weighted by molar-refractivity contribution is 6.07. The lowest BCUT2D eigenvalue weighted by molar-refractivity contribution is -0.138. The van der Waals surface area contributed by atoms with Crippen LogP contribution in [0.15, 0.2) is 48.6 Å². The highest BCUT2D eigenvalue weighted by atomic mass is 16.5. The molecule has 0 aliphatic rings. The third-order valence-electron chi connectivity index (χ3n) is 5.82. The predicted molar refractivity (Wildman–Crippen MR) is 152 cm³/mol. The second-order valence-electron chi connectivity index (χ2n) is 8.88. The standard InChI is InChI=1S/C29H40N4O6/c1-39-27-21-23(7-11-25(27)35)9-13-29(38)33(19-5-18-32-16-3-2-15-31-17-4-14-30)28(37)12-8-22-6-10-24(34)26(36)20-22/h6-13,20-21,31-32,34-36H,2-5,14-19,30H2,1H3/b12-8+,13-9+. The molecule has 0 bridgehead atoms. The minimum Gasteiger partial charge on any atom is -0.504 e. The molecule has 0 radical (unpaired) electrons. The predicted octanol–water partition coefficient (Wildman–Crippen LogP) is 2.59. The van der Waals surface area contributed by atoms with Crippen LogP contribution in [0.5, 0.6) is 23.0 Å². The van der Waals surface area contributed by atoms with Crippen LogP contribution in [0.2, 0.25) is 0 Å². The number of amides is 2. The van der Waals surface area contributed by atoms with Gasteiger partial charge in [0, 0.05) is 18.7 Å². The minimum absolute atomic E-state index is 0.0152. The van der Waals surface area contributed by atoms with Gasteiger partial charge in [-0.15, -0.1) is 0 Å². The van der Waals surface area contributed by atoms with Gasteiger partial charge in [0.1, 0.15) is 0 Å². The number of rotatable bonds is 17. The average molecular weight is 541 g/mol. The summed E-state index contributed by atoms with van der Waals surface area (Å²) in [4.78, 5) is 27.1. The minimum atomic E-state index is -0.510. The number of phenolic OH excluding ortho intramolecular Hbond substituents is 3. The number of nitrogens with zero attached hydrogens (tertiary/aromatic N) is 1. The van der Waals surface area contributed by atoms with Gasteiger partial charge in [-0.2, -0.15) is 0 Å². The third kappa shape index (κ3) is 11.6. The monoisotopic (exact) mass is 540 g/mol. The van der Waals surface area contributed by atoms with Crippen molar-refractivity contribution in [2.75, 3.05) is 46.4 Å². The van der Waals surface area contributed by atoms with Gasteiger partial charge < -0.3 is 36.4 Å². The highest BCUT2D eigenvalue weighted by Gasteiger charge is 2.17. The van der Waals surface area contributed by atoms with E-state index in [0.717, 1.165) is 43.8 Å². The highest BCUT2D eigenvalue weighted by Crippen LogP contribution is 2.27. The van der Waals surface area contributed by atoms with E-state index in [9.17, 15) is 24.9 Å². The first kappa shape index (κ1) is 31.4. The van der Waals surface area contributed by atoms with Crippen molar-refractivity contribution in [1.82, 2.24) is 15.5 Å². The summed E-state index contributed by atoms with van der Waals surface area (Å²) in [6, 6.07) is 8.85. The zero-order valence-corrected chi connectivity index (χ0v) is 22.4. The molecule has 0 unspecified atom stereocenters. The van der Waals surface area contributed by atoms with E-state index >= 15 is 0 Å². The van der Waals surface area contributed by atoms with Crippen molar-refractivity contribution in [1.29, 1.82) is 0 Å². The van der Waals surface area contributed by atoms with Crippen molar-refractivity contribution in [2.45, 2.75) is 25.7 Å². The third-order valence-corrected chi connectivity index (χ3v) is 5.82. The van der Waals surface area contributed by atoms with Crippen LogP contribution in [0.25, 0.3) is 12.2 Å². The van der Waals surface area contributed by atoms with E-state index in [0.29, 0.717) is 30.6 Å². The summed E-state index contributed by atoms with van der Waals surface area (Å²) in [7, 11) is 1.43. The Bertz CT molecular complexity index is 1120. The van der Waals surface area contributed by atoms with Crippen molar-refractivity contribution in [3.8, 4) is 23.0 Å². The van der Waals surface area contributed by atoms with Crippen molar-refractivity contribution >= 4 is 24.0 Å². The van der Waals surface area contributed by atoms with E-state index in [1.165, 1.54) is 43.5 Å². The second kappa shape index (κ2) is 17.6. The van der Waals surface area contributed by atoms with E-state index in [1.807, 2.05) is 0 Å². The number of phenols is 3. The summed E-state index contributed by atoms with van der Waals surface area (Å²) in [5, 5.41) is 35.6. The number of carbonyl (C=O) groups is 2. The van der Waals surface area contributed by atoms with Crippen LogP contribution < -0.4 is 21.1 Å². The van der Waals surface area contributed by atoms with Crippen molar-refractivity contribution < 1.29 is 29.6 Å². The maximum Gasteiger partial charge on any atom is 0.253 e. The molecule has 0 aliphatic carbocycles. The van der Waals surface area contributed by atoms with E-state index in [4.69, 9.17) is 10.5 Å². The number of ether oxygens (including phenoxy) is 1. The molecule has 2 amide bonds. The molecule has 0 aromatic heterocycles. The Morgan fingerprint density at radius 1 is 0.795 bits per heavy atom. The number of carbonyl (C=O) groups excluding carboxylic acids is 2. The van der Waals surface area contributed by atoms with Gasteiger partial charge in [0.15, 0.2) is 23.0 Å². The maximum absolute atomic E-state index is 13.0. The summed E-state index contributed by atoms with van der Waals surface area (Å²) in [6.07, 6.45) is 9.17. The number of imide groups is 1. The lowest BCUT2D eigenvalue weighted by Crippen LogP contribution is -2.36. The van der Waals surface area contributed by atoms with E-state index in [1.54, 1.807) is 24.3 Å². The Balaban J connectivity index is 1.97. The molecule has 2 rings (SSSR count). The topological polar surface area (TPSA) is 157 Å².